The molecule has 0 fully saturated rings. The monoisotopic (exact) mass is 260 g/mol. The molecule has 1 unspecified atom stereocenters. The van der Waals surface area contributed by atoms with Gasteiger partial charge in [-0.3, -0.25) is 4.79 Å². The van der Waals surface area contributed by atoms with Crippen molar-refractivity contribution < 1.29 is 14.3 Å². The normalized spacial score (nSPS) is 13.1. The minimum atomic E-state index is -0.141. The van der Waals surface area contributed by atoms with Crippen molar-refractivity contribution in [2.45, 2.75) is 33.5 Å². The van der Waals surface area contributed by atoms with Crippen LogP contribution in [0.2, 0.25) is 0 Å². The minimum absolute atomic E-state index is 0.00219. The molecule has 0 aromatic carbocycles. The van der Waals surface area contributed by atoms with Gasteiger partial charge >= 0.3 is 0 Å². The average Bonchev–Trinajstić information content (AvgIpc) is 2.35. The smallest absolute Gasteiger partial charge is 0.223 e. The molecular weight excluding hydrogens is 232 g/mol. The summed E-state index contributed by atoms with van der Waals surface area (Å²) in [6.07, 6.45) is 0.677. The number of nitrogens with zero attached hydrogens (tertiary/aromatic N) is 1. The van der Waals surface area contributed by atoms with Crippen LogP contribution >= 0.6 is 0 Å². The van der Waals surface area contributed by atoms with Crippen LogP contribution in [0.3, 0.4) is 0 Å². The molecule has 0 aromatic heterocycles. The van der Waals surface area contributed by atoms with E-state index < -0.39 is 0 Å². The van der Waals surface area contributed by atoms with E-state index in [1.165, 1.54) is 0 Å². The zero-order chi connectivity index (χ0) is 14.0. The van der Waals surface area contributed by atoms with Crippen molar-refractivity contribution in [3.8, 4) is 0 Å². The fourth-order valence-corrected chi connectivity index (χ4v) is 1.80. The van der Waals surface area contributed by atoms with E-state index in [0.29, 0.717) is 13.2 Å². The number of hydrogen-bond donors (Lipinski definition) is 1. The number of ether oxygens (including phenoxy) is 2. The highest BCUT2D eigenvalue weighted by molar-refractivity contribution is 5.78. The van der Waals surface area contributed by atoms with Crippen molar-refractivity contribution in [1.29, 1.82) is 0 Å². The number of rotatable bonds is 10. The van der Waals surface area contributed by atoms with Crippen LogP contribution in [0, 0.1) is 5.92 Å². The molecule has 0 rings (SSSR count). The van der Waals surface area contributed by atoms with Crippen LogP contribution in [0.25, 0.3) is 0 Å². The number of nitrogens with one attached hydrogen (secondary N) is 1. The van der Waals surface area contributed by atoms with Gasteiger partial charge in [-0.05, 0) is 20.9 Å². The third-order valence-electron chi connectivity index (χ3n) is 2.73. The van der Waals surface area contributed by atoms with Crippen molar-refractivity contribution in [2.24, 2.45) is 5.92 Å². The van der Waals surface area contributed by atoms with Crippen LogP contribution in [0.5, 0.6) is 0 Å². The van der Waals surface area contributed by atoms with E-state index in [4.69, 9.17) is 9.47 Å². The minimum Gasteiger partial charge on any atom is -0.359 e. The van der Waals surface area contributed by atoms with Crippen molar-refractivity contribution in [1.82, 2.24) is 10.2 Å². The molecule has 0 aliphatic heterocycles. The van der Waals surface area contributed by atoms with Gasteiger partial charge in [0.05, 0.1) is 0 Å². The summed E-state index contributed by atoms with van der Waals surface area (Å²) in [6, 6.07) is 0. The van der Waals surface area contributed by atoms with Gasteiger partial charge in [-0.1, -0.05) is 6.92 Å². The Balaban J connectivity index is 3.92. The maximum Gasteiger partial charge on any atom is 0.223 e. The first-order valence-corrected chi connectivity index (χ1v) is 6.68. The molecule has 0 heterocycles. The molecular formula is C13H28N2O3. The summed E-state index contributed by atoms with van der Waals surface area (Å²) >= 11 is 0. The predicted molar refractivity (Wildman–Crippen MR) is 72.4 cm³/mol. The highest BCUT2D eigenvalue weighted by Gasteiger charge is 2.15. The Labute approximate surface area is 111 Å². The van der Waals surface area contributed by atoms with Crippen molar-refractivity contribution in [2.75, 3.05) is 40.4 Å². The molecule has 0 aromatic rings. The molecule has 0 radical (unpaired) electrons. The van der Waals surface area contributed by atoms with Crippen LogP contribution in [0.4, 0.5) is 0 Å². The van der Waals surface area contributed by atoms with E-state index in [1.807, 2.05) is 27.8 Å². The summed E-state index contributed by atoms with van der Waals surface area (Å²) in [5.74, 6) is 0.0747. The molecule has 1 N–H and O–H groups in total. The first-order chi connectivity index (χ1) is 8.54. The Hall–Kier alpha value is -0.650. The number of hydrogen-bond acceptors (Lipinski definition) is 4. The summed E-state index contributed by atoms with van der Waals surface area (Å²) in [5, 5.41) is 2.66. The second-order valence-electron chi connectivity index (χ2n) is 4.41. The second kappa shape index (κ2) is 10.3. The van der Waals surface area contributed by atoms with Crippen molar-refractivity contribution in [3.05, 3.63) is 0 Å². The first kappa shape index (κ1) is 17.4. The molecule has 0 spiro atoms. The molecule has 5 heteroatoms. The number of amides is 1. The maximum absolute atomic E-state index is 11.4. The molecule has 108 valence electrons. The third-order valence-corrected chi connectivity index (χ3v) is 2.73. The van der Waals surface area contributed by atoms with Gasteiger partial charge in [0, 0.05) is 45.7 Å². The second-order valence-corrected chi connectivity index (χ2v) is 4.41. The van der Waals surface area contributed by atoms with E-state index >= 15 is 0 Å². The van der Waals surface area contributed by atoms with E-state index in [9.17, 15) is 4.79 Å². The fraction of sp³-hybridized carbons (Fsp3) is 0.923. The molecule has 0 saturated carbocycles. The largest absolute Gasteiger partial charge is 0.359 e. The quantitative estimate of drug-likeness (QED) is 0.597. The van der Waals surface area contributed by atoms with Gasteiger partial charge in [0.15, 0.2) is 6.29 Å². The topological polar surface area (TPSA) is 50.8 Å². The Kier molecular flexibility index (Phi) is 9.92. The molecule has 18 heavy (non-hydrogen) atoms. The lowest BCUT2D eigenvalue weighted by molar-refractivity contribution is -0.141. The summed E-state index contributed by atoms with van der Waals surface area (Å²) in [6.45, 7) is 8.76. The zero-order valence-electron chi connectivity index (χ0n) is 12.4. The highest BCUT2D eigenvalue weighted by Crippen LogP contribution is 2.04. The van der Waals surface area contributed by atoms with Crippen LogP contribution in [0.1, 0.15) is 27.2 Å². The average molecular weight is 260 g/mol. The summed E-state index contributed by atoms with van der Waals surface area (Å²) in [7, 11) is 3.67. The molecule has 0 aliphatic rings. The van der Waals surface area contributed by atoms with Gasteiger partial charge in [-0.2, -0.15) is 0 Å². The Morgan fingerprint density at radius 1 is 1.28 bits per heavy atom. The molecule has 0 bridgehead atoms. The van der Waals surface area contributed by atoms with Gasteiger partial charge in [0.1, 0.15) is 0 Å². The van der Waals surface area contributed by atoms with Gasteiger partial charge in [-0.15, -0.1) is 0 Å². The lowest BCUT2D eigenvalue weighted by atomic mass is 10.1. The van der Waals surface area contributed by atoms with Crippen molar-refractivity contribution in [3.63, 3.8) is 0 Å². The maximum atomic E-state index is 11.4. The zero-order valence-corrected chi connectivity index (χ0v) is 12.4. The highest BCUT2D eigenvalue weighted by atomic mass is 16.7. The predicted octanol–water partition coefficient (Wildman–Crippen LogP) is 1.09. The van der Waals surface area contributed by atoms with Crippen LogP contribution in [-0.4, -0.2) is 57.5 Å². The Morgan fingerprint density at radius 3 is 2.28 bits per heavy atom. The SMILES string of the molecule is CCOC(CCN(C)CC(C)C(=O)NC)OCC. The van der Waals surface area contributed by atoms with E-state index in [-0.39, 0.29) is 18.1 Å². The molecule has 1 amide bonds. The Morgan fingerprint density at radius 2 is 1.83 bits per heavy atom. The van der Waals surface area contributed by atoms with E-state index in [0.717, 1.165) is 19.5 Å². The lowest BCUT2D eigenvalue weighted by Gasteiger charge is -2.23. The van der Waals surface area contributed by atoms with Crippen LogP contribution in [-0.2, 0) is 14.3 Å². The summed E-state index contributed by atoms with van der Waals surface area (Å²) in [5.41, 5.74) is 0. The third kappa shape index (κ3) is 7.63. The lowest BCUT2D eigenvalue weighted by Crippen LogP contribution is -2.36. The van der Waals surface area contributed by atoms with E-state index in [2.05, 4.69) is 10.2 Å². The van der Waals surface area contributed by atoms with Gasteiger partial charge < -0.3 is 19.7 Å². The van der Waals surface area contributed by atoms with Gasteiger partial charge in [0.2, 0.25) is 5.91 Å². The molecule has 5 nitrogen and oxygen atoms in total. The molecule has 0 saturated heterocycles. The summed E-state index contributed by atoms with van der Waals surface area (Å²) < 4.78 is 11.0. The standard InChI is InChI=1S/C13H28N2O3/c1-6-17-12(18-7-2)8-9-15(5)10-11(3)13(16)14-4/h11-12H,6-10H2,1-5H3,(H,14,16). The molecule has 1 atom stereocenters. The van der Waals surface area contributed by atoms with Crippen molar-refractivity contribution >= 4 is 5.91 Å². The Bertz CT molecular complexity index is 218. The van der Waals surface area contributed by atoms with Crippen LogP contribution in [0.15, 0.2) is 0 Å². The van der Waals surface area contributed by atoms with E-state index in [1.54, 1.807) is 7.05 Å². The van der Waals surface area contributed by atoms with Gasteiger partial charge in [0.25, 0.3) is 0 Å². The number of carbonyl (C=O) groups is 1. The van der Waals surface area contributed by atoms with Gasteiger partial charge in [-0.25, -0.2) is 0 Å². The first-order valence-electron chi connectivity index (χ1n) is 6.68. The fourth-order valence-electron chi connectivity index (χ4n) is 1.80. The molecule has 0 aliphatic carbocycles. The number of carbonyl (C=O) groups excluding carboxylic acids is 1. The summed E-state index contributed by atoms with van der Waals surface area (Å²) in [4.78, 5) is 13.5. The van der Waals surface area contributed by atoms with Crippen LogP contribution < -0.4 is 5.32 Å².